The Kier molecular flexibility index (Phi) is 3.93. The molecule has 0 amide bonds. The number of ether oxygens (including phenoxy) is 1. The lowest BCUT2D eigenvalue weighted by Gasteiger charge is -2.08. The topological polar surface area (TPSA) is 47.0 Å². The van der Waals surface area contributed by atoms with Crippen LogP contribution >= 0.6 is 15.9 Å². The third-order valence-electron chi connectivity index (χ3n) is 2.05. The molecule has 0 fully saturated rings. The van der Waals surface area contributed by atoms with Crippen molar-refractivity contribution in [1.29, 1.82) is 0 Å². The Morgan fingerprint density at radius 3 is 2.94 bits per heavy atom. The summed E-state index contributed by atoms with van der Waals surface area (Å²) in [4.78, 5) is 8.09. The molecule has 0 unspecified atom stereocenters. The van der Waals surface area contributed by atoms with Crippen molar-refractivity contribution in [2.45, 2.75) is 6.92 Å². The SMILES string of the molecule is CCOc1cccc(Nc2cc(Br)ncn2)c1. The first-order valence-electron chi connectivity index (χ1n) is 5.25. The van der Waals surface area contributed by atoms with Gasteiger partial charge in [0, 0.05) is 17.8 Å². The first-order valence-corrected chi connectivity index (χ1v) is 6.04. The Hall–Kier alpha value is -1.62. The second-order valence-corrected chi connectivity index (χ2v) is 4.12. The van der Waals surface area contributed by atoms with Gasteiger partial charge in [0.1, 0.15) is 22.5 Å². The van der Waals surface area contributed by atoms with Gasteiger partial charge in [-0.25, -0.2) is 9.97 Å². The van der Waals surface area contributed by atoms with E-state index in [-0.39, 0.29) is 0 Å². The molecule has 0 saturated heterocycles. The lowest BCUT2D eigenvalue weighted by molar-refractivity contribution is 0.340. The van der Waals surface area contributed by atoms with Crippen LogP contribution in [0.4, 0.5) is 11.5 Å². The van der Waals surface area contributed by atoms with Crippen LogP contribution in [0.25, 0.3) is 0 Å². The fourth-order valence-corrected chi connectivity index (χ4v) is 1.69. The van der Waals surface area contributed by atoms with E-state index >= 15 is 0 Å². The molecular formula is C12H12BrN3O. The number of hydrogen-bond donors (Lipinski definition) is 1. The standard InChI is InChI=1S/C12H12BrN3O/c1-2-17-10-5-3-4-9(6-10)16-12-7-11(13)14-8-15-12/h3-8H,2H2,1H3,(H,14,15,16). The molecule has 1 heterocycles. The van der Waals surface area contributed by atoms with Crippen LogP contribution < -0.4 is 10.1 Å². The number of benzene rings is 1. The molecule has 17 heavy (non-hydrogen) atoms. The van der Waals surface area contributed by atoms with E-state index in [9.17, 15) is 0 Å². The second-order valence-electron chi connectivity index (χ2n) is 3.31. The molecule has 1 aromatic heterocycles. The highest BCUT2D eigenvalue weighted by molar-refractivity contribution is 9.10. The van der Waals surface area contributed by atoms with Crippen LogP contribution in [-0.4, -0.2) is 16.6 Å². The highest BCUT2D eigenvalue weighted by Crippen LogP contribution is 2.21. The van der Waals surface area contributed by atoms with E-state index in [4.69, 9.17) is 4.74 Å². The Labute approximate surface area is 108 Å². The van der Waals surface area contributed by atoms with Gasteiger partial charge in [-0.05, 0) is 35.0 Å². The van der Waals surface area contributed by atoms with Gasteiger partial charge in [-0.15, -0.1) is 0 Å². The summed E-state index contributed by atoms with van der Waals surface area (Å²) in [5, 5.41) is 3.18. The summed E-state index contributed by atoms with van der Waals surface area (Å²) in [6, 6.07) is 9.56. The summed E-state index contributed by atoms with van der Waals surface area (Å²) in [5.74, 6) is 1.58. The summed E-state index contributed by atoms with van der Waals surface area (Å²) in [6.07, 6.45) is 1.50. The molecule has 0 radical (unpaired) electrons. The van der Waals surface area contributed by atoms with E-state index in [2.05, 4.69) is 31.2 Å². The molecule has 5 heteroatoms. The predicted octanol–water partition coefficient (Wildman–Crippen LogP) is 3.38. The highest BCUT2D eigenvalue weighted by atomic mass is 79.9. The molecule has 88 valence electrons. The smallest absolute Gasteiger partial charge is 0.134 e. The van der Waals surface area contributed by atoms with Gasteiger partial charge >= 0.3 is 0 Å². The number of halogens is 1. The van der Waals surface area contributed by atoms with E-state index in [0.29, 0.717) is 6.61 Å². The first-order chi connectivity index (χ1) is 8.28. The number of aromatic nitrogens is 2. The molecule has 2 rings (SSSR count). The second kappa shape index (κ2) is 5.63. The monoisotopic (exact) mass is 293 g/mol. The molecular weight excluding hydrogens is 282 g/mol. The summed E-state index contributed by atoms with van der Waals surface area (Å²) in [7, 11) is 0. The molecule has 0 atom stereocenters. The predicted molar refractivity (Wildman–Crippen MR) is 70.6 cm³/mol. The van der Waals surface area contributed by atoms with Crippen molar-refractivity contribution in [3.05, 3.63) is 41.3 Å². The van der Waals surface area contributed by atoms with E-state index in [0.717, 1.165) is 21.9 Å². The number of nitrogens with zero attached hydrogens (tertiary/aromatic N) is 2. The normalized spacial score (nSPS) is 10.0. The van der Waals surface area contributed by atoms with Crippen LogP contribution in [0.5, 0.6) is 5.75 Å². The van der Waals surface area contributed by atoms with Crippen LogP contribution in [0, 0.1) is 0 Å². The van der Waals surface area contributed by atoms with Crippen LogP contribution in [0.15, 0.2) is 41.3 Å². The minimum Gasteiger partial charge on any atom is -0.494 e. The molecule has 0 aliphatic heterocycles. The quantitative estimate of drug-likeness (QED) is 0.878. The third-order valence-corrected chi connectivity index (χ3v) is 2.48. The molecule has 0 aliphatic rings. The Bertz CT molecular complexity index is 505. The first kappa shape index (κ1) is 11.9. The summed E-state index contributed by atoms with van der Waals surface area (Å²) >= 11 is 3.30. The van der Waals surface area contributed by atoms with Gasteiger partial charge in [0.25, 0.3) is 0 Å². The van der Waals surface area contributed by atoms with Crippen molar-refractivity contribution in [2.24, 2.45) is 0 Å². The summed E-state index contributed by atoms with van der Waals surface area (Å²) in [5.41, 5.74) is 0.932. The van der Waals surface area contributed by atoms with Gasteiger partial charge in [-0.3, -0.25) is 0 Å². The zero-order chi connectivity index (χ0) is 12.1. The lowest BCUT2D eigenvalue weighted by Crippen LogP contribution is -1.96. The zero-order valence-electron chi connectivity index (χ0n) is 9.35. The zero-order valence-corrected chi connectivity index (χ0v) is 10.9. The third kappa shape index (κ3) is 3.42. The average Bonchev–Trinajstić information content (AvgIpc) is 2.30. The minimum absolute atomic E-state index is 0.655. The van der Waals surface area contributed by atoms with Crippen molar-refractivity contribution in [3.8, 4) is 5.75 Å². The maximum atomic E-state index is 5.43. The van der Waals surface area contributed by atoms with Gasteiger partial charge in [0.05, 0.1) is 6.61 Å². The molecule has 1 N–H and O–H groups in total. The Morgan fingerprint density at radius 1 is 1.29 bits per heavy atom. The highest BCUT2D eigenvalue weighted by Gasteiger charge is 1.99. The van der Waals surface area contributed by atoms with Crippen molar-refractivity contribution >= 4 is 27.4 Å². The maximum Gasteiger partial charge on any atom is 0.134 e. The molecule has 0 saturated carbocycles. The van der Waals surface area contributed by atoms with E-state index in [1.54, 1.807) is 0 Å². The van der Waals surface area contributed by atoms with E-state index < -0.39 is 0 Å². The Morgan fingerprint density at radius 2 is 2.18 bits per heavy atom. The van der Waals surface area contributed by atoms with Crippen molar-refractivity contribution in [2.75, 3.05) is 11.9 Å². The molecule has 2 aromatic rings. The average molecular weight is 294 g/mol. The summed E-state index contributed by atoms with van der Waals surface area (Å²) in [6.45, 7) is 2.62. The number of nitrogens with one attached hydrogen (secondary N) is 1. The van der Waals surface area contributed by atoms with Crippen LogP contribution in [-0.2, 0) is 0 Å². The fraction of sp³-hybridized carbons (Fsp3) is 0.167. The molecule has 0 aliphatic carbocycles. The van der Waals surface area contributed by atoms with E-state index in [1.165, 1.54) is 6.33 Å². The van der Waals surface area contributed by atoms with E-state index in [1.807, 2.05) is 37.3 Å². The van der Waals surface area contributed by atoms with Gasteiger partial charge in [-0.2, -0.15) is 0 Å². The van der Waals surface area contributed by atoms with Gasteiger partial charge in [0.15, 0.2) is 0 Å². The van der Waals surface area contributed by atoms with Crippen molar-refractivity contribution in [1.82, 2.24) is 9.97 Å². The lowest BCUT2D eigenvalue weighted by atomic mass is 10.3. The van der Waals surface area contributed by atoms with Gasteiger partial charge in [0.2, 0.25) is 0 Å². The largest absolute Gasteiger partial charge is 0.494 e. The van der Waals surface area contributed by atoms with Crippen LogP contribution in [0.1, 0.15) is 6.92 Å². The molecule has 4 nitrogen and oxygen atoms in total. The number of rotatable bonds is 4. The van der Waals surface area contributed by atoms with Crippen molar-refractivity contribution < 1.29 is 4.74 Å². The molecule has 1 aromatic carbocycles. The molecule has 0 spiro atoms. The Balaban J connectivity index is 2.15. The van der Waals surface area contributed by atoms with Crippen molar-refractivity contribution in [3.63, 3.8) is 0 Å². The number of hydrogen-bond acceptors (Lipinski definition) is 4. The fourth-order valence-electron chi connectivity index (χ4n) is 1.38. The maximum absolute atomic E-state index is 5.43. The van der Waals surface area contributed by atoms with Gasteiger partial charge < -0.3 is 10.1 Å². The van der Waals surface area contributed by atoms with Crippen LogP contribution in [0.2, 0.25) is 0 Å². The van der Waals surface area contributed by atoms with Gasteiger partial charge in [-0.1, -0.05) is 6.07 Å². The number of anilines is 2. The minimum atomic E-state index is 0.655. The molecule has 0 bridgehead atoms. The van der Waals surface area contributed by atoms with Crippen LogP contribution in [0.3, 0.4) is 0 Å². The summed E-state index contributed by atoms with van der Waals surface area (Å²) < 4.78 is 6.17.